The molecular weight excluding hydrogens is 317 g/mol. The Hall–Kier alpha value is -0.830. The third-order valence-electron chi connectivity index (χ3n) is 3.20. The molecule has 4 nitrogen and oxygen atoms in total. The van der Waals surface area contributed by atoms with E-state index >= 15 is 0 Å². The highest BCUT2D eigenvalue weighted by atomic mass is 35.5. The van der Waals surface area contributed by atoms with Crippen molar-refractivity contribution in [2.45, 2.75) is 17.9 Å². The molecule has 0 saturated carbocycles. The van der Waals surface area contributed by atoms with Crippen molar-refractivity contribution in [3.8, 4) is 0 Å². The highest BCUT2D eigenvalue weighted by Gasteiger charge is 2.38. The van der Waals surface area contributed by atoms with Crippen molar-refractivity contribution in [3.63, 3.8) is 0 Å². The van der Waals surface area contributed by atoms with Crippen molar-refractivity contribution in [1.82, 2.24) is 4.31 Å². The fourth-order valence-corrected chi connectivity index (χ4v) is 3.72. The lowest BCUT2D eigenvalue weighted by Crippen LogP contribution is -2.33. The van der Waals surface area contributed by atoms with Crippen LogP contribution in [0.4, 0.5) is 13.2 Å². The van der Waals surface area contributed by atoms with E-state index in [-0.39, 0.29) is 37.5 Å². The van der Waals surface area contributed by atoms with E-state index in [0.717, 1.165) is 4.31 Å². The van der Waals surface area contributed by atoms with Gasteiger partial charge in [-0.2, -0.15) is 4.31 Å². The molecule has 1 saturated heterocycles. The van der Waals surface area contributed by atoms with E-state index in [9.17, 15) is 21.6 Å². The molecule has 9 heteroatoms. The quantitative estimate of drug-likeness (QED) is 0.893. The maximum atomic E-state index is 13.5. The minimum absolute atomic E-state index is 0. The third-order valence-corrected chi connectivity index (χ3v) is 5.08. The van der Waals surface area contributed by atoms with Crippen LogP contribution in [0.25, 0.3) is 0 Å². The normalized spacial score (nSPS) is 23.6. The van der Waals surface area contributed by atoms with Crippen LogP contribution in [0.15, 0.2) is 17.0 Å². The first-order valence-electron chi connectivity index (χ1n) is 5.63. The van der Waals surface area contributed by atoms with Crippen molar-refractivity contribution in [3.05, 3.63) is 29.6 Å². The highest BCUT2D eigenvalue weighted by Crippen LogP contribution is 2.27. The van der Waals surface area contributed by atoms with Gasteiger partial charge in [-0.1, -0.05) is 6.92 Å². The molecular formula is C11H14ClF3N2O2S. The third kappa shape index (κ3) is 2.93. The molecule has 20 heavy (non-hydrogen) atoms. The summed E-state index contributed by atoms with van der Waals surface area (Å²) in [5.74, 6) is -4.15. The zero-order valence-corrected chi connectivity index (χ0v) is 12.1. The second-order valence-electron chi connectivity index (χ2n) is 4.66. The molecule has 1 aliphatic heterocycles. The number of sulfonamides is 1. The van der Waals surface area contributed by atoms with Crippen LogP contribution in [-0.2, 0) is 10.0 Å². The molecule has 114 valence electrons. The molecule has 2 N–H and O–H groups in total. The highest BCUT2D eigenvalue weighted by molar-refractivity contribution is 7.89. The summed E-state index contributed by atoms with van der Waals surface area (Å²) >= 11 is 0. The summed E-state index contributed by atoms with van der Waals surface area (Å²) in [5, 5.41) is 0. The second-order valence-corrected chi connectivity index (χ2v) is 6.54. The summed E-state index contributed by atoms with van der Waals surface area (Å²) in [6.45, 7) is 1.82. The topological polar surface area (TPSA) is 63.4 Å². The molecule has 1 aliphatic rings. The summed E-state index contributed by atoms with van der Waals surface area (Å²) < 4.78 is 65.1. The van der Waals surface area contributed by atoms with Gasteiger partial charge in [0.1, 0.15) is 17.5 Å². The van der Waals surface area contributed by atoms with Gasteiger partial charge in [-0.05, 0) is 5.92 Å². The number of nitrogens with zero attached hydrogens (tertiary/aromatic N) is 1. The van der Waals surface area contributed by atoms with Crippen molar-refractivity contribution in [2.24, 2.45) is 11.7 Å². The summed E-state index contributed by atoms with van der Waals surface area (Å²) in [4.78, 5) is -1.13. The van der Waals surface area contributed by atoms with E-state index in [2.05, 4.69) is 0 Å². The van der Waals surface area contributed by atoms with Crippen LogP contribution in [0.2, 0.25) is 0 Å². The first-order valence-corrected chi connectivity index (χ1v) is 7.07. The molecule has 0 bridgehead atoms. The van der Waals surface area contributed by atoms with Crippen LogP contribution >= 0.6 is 12.4 Å². The Morgan fingerprint density at radius 2 is 1.70 bits per heavy atom. The molecule has 0 amide bonds. The maximum absolute atomic E-state index is 13.5. The molecule has 2 unspecified atom stereocenters. The number of halogens is 4. The fourth-order valence-electron chi connectivity index (χ4n) is 2.05. The van der Waals surface area contributed by atoms with E-state index in [1.807, 2.05) is 0 Å². The maximum Gasteiger partial charge on any atom is 0.248 e. The van der Waals surface area contributed by atoms with E-state index in [0.29, 0.717) is 12.1 Å². The smallest absolute Gasteiger partial charge is 0.248 e. The summed E-state index contributed by atoms with van der Waals surface area (Å²) in [7, 11) is -4.35. The second kappa shape index (κ2) is 5.88. The number of hydrogen-bond acceptors (Lipinski definition) is 3. The number of nitrogens with two attached hydrogens (primary N) is 1. The predicted molar refractivity (Wildman–Crippen MR) is 69.5 cm³/mol. The van der Waals surface area contributed by atoms with Gasteiger partial charge in [0.05, 0.1) is 0 Å². The van der Waals surface area contributed by atoms with Crippen LogP contribution in [0.5, 0.6) is 0 Å². The summed E-state index contributed by atoms with van der Waals surface area (Å²) in [5.41, 5.74) is 5.69. The van der Waals surface area contributed by atoms with Crippen LogP contribution in [0, 0.1) is 23.4 Å². The van der Waals surface area contributed by atoms with Gasteiger partial charge in [0.2, 0.25) is 10.0 Å². The number of hydrogen-bond donors (Lipinski definition) is 1. The molecule has 1 aromatic rings. The van der Waals surface area contributed by atoms with Crippen LogP contribution < -0.4 is 5.73 Å². The van der Waals surface area contributed by atoms with Gasteiger partial charge >= 0.3 is 0 Å². The van der Waals surface area contributed by atoms with Crippen molar-refractivity contribution >= 4 is 22.4 Å². The van der Waals surface area contributed by atoms with E-state index in [1.165, 1.54) is 0 Å². The van der Waals surface area contributed by atoms with Gasteiger partial charge in [-0.25, -0.2) is 21.6 Å². The van der Waals surface area contributed by atoms with Crippen molar-refractivity contribution in [1.29, 1.82) is 0 Å². The summed E-state index contributed by atoms with van der Waals surface area (Å²) in [6.07, 6.45) is 0. The Morgan fingerprint density at radius 3 is 2.10 bits per heavy atom. The number of benzene rings is 1. The van der Waals surface area contributed by atoms with Gasteiger partial charge in [0, 0.05) is 31.3 Å². The molecule has 1 heterocycles. The molecule has 1 aromatic carbocycles. The zero-order chi connectivity index (χ0) is 14.4. The number of rotatable bonds is 2. The molecule has 0 aromatic heterocycles. The molecule has 0 aliphatic carbocycles. The lowest BCUT2D eigenvalue weighted by molar-refractivity contribution is 0.442. The van der Waals surface area contributed by atoms with Crippen molar-refractivity contribution < 1.29 is 21.6 Å². The van der Waals surface area contributed by atoms with Gasteiger partial charge in [-0.15, -0.1) is 12.4 Å². The minimum atomic E-state index is -4.35. The van der Waals surface area contributed by atoms with E-state index in [4.69, 9.17) is 5.73 Å². The monoisotopic (exact) mass is 330 g/mol. The Bertz CT molecular complexity index is 579. The van der Waals surface area contributed by atoms with Crippen LogP contribution in [-0.4, -0.2) is 31.9 Å². The summed E-state index contributed by atoms with van der Waals surface area (Å²) in [6, 6.07) is 0.298. The van der Waals surface area contributed by atoms with Gasteiger partial charge in [-0.3, -0.25) is 0 Å². The Labute approximate surface area is 121 Å². The Kier molecular flexibility index (Phi) is 5.07. The molecule has 1 fully saturated rings. The lowest BCUT2D eigenvalue weighted by Gasteiger charge is -2.17. The Balaban J connectivity index is 0.00000200. The standard InChI is InChI=1S/C11H13F3N2O2S.ClH/c1-6-4-16(5-10(6)15)19(17,18)11-8(13)2-7(12)3-9(11)14;/h2-3,6,10H,4-5,15H2,1H3;1H. The zero-order valence-electron chi connectivity index (χ0n) is 10.5. The van der Waals surface area contributed by atoms with Crippen LogP contribution in [0.3, 0.4) is 0 Å². The average Bonchev–Trinajstić information content (AvgIpc) is 2.57. The molecule has 2 atom stereocenters. The largest absolute Gasteiger partial charge is 0.326 e. The molecule has 2 rings (SSSR count). The van der Waals surface area contributed by atoms with Gasteiger partial charge < -0.3 is 5.73 Å². The Morgan fingerprint density at radius 1 is 1.20 bits per heavy atom. The van der Waals surface area contributed by atoms with Gasteiger partial charge in [0.25, 0.3) is 0 Å². The first kappa shape index (κ1) is 17.2. The van der Waals surface area contributed by atoms with Crippen molar-refractivity contribution in [2.75, 3.05) is 13.1 Å². The van der Waals surface area contributed by atoms with E-state index in [1.54, 1.807) is 6.92 Å². The van der Waals surface area contributed by atoms with E-state index < -0.39 is 32.4 Å². The predicted octanol–water partition coefficient (Wildman–Crippen LogP) is 1.49. The lowest BCUT2D eigenvalue weighted by atomic mass is 10.1. The van der Waals surface area contributed by atoms with Crippen LogP contribution in [0.1, 0.15) is 6.92 Å². The SMILES string of the molecule is CC1CN(S(=O)(=O)c2c(F)cc(F)cc2F)CC1N.Cl. The molecule has 0 spiro atoms. The first-order chi connectivity index (χ1) is 8.73. The molecule has 0 radical (unpaired) electrons. The fraction of sp³-hybridized carbons (Fsp3) is 0.455. The average molecular weight is 331 g/mol. The van der Waals surface area contributed by atoms with Gasteiger partial charge in [0.15, 0.2) is 4.90 Å². The minimum Gasteiger partial charge on any atom is -0.326 e.